The van der Waals surface area contributed by atoms with E-state index in [1.165, 1.54) is 24.8 Å². The quantitative estimate of drug-likeness (QED) is 0.508. The average Bonchev–Trinajstić information content (AvgIpc) is 2.85. The van der Waals surface area contributed by atoms with Crippen molar-refractivity contribution in [2.75, 3.05) is 7.11 Å². The molecular formula is C14H15N3O5. The summed E-state index contributed by atoms with van der Waals surface area (Å²) in [5, 5.41) is 14.0. The summed E-state index contributed by atoms with van der Waals surface area (Å²) in [6.07, 6.45) is 1.31. The van der Waals surface area contributed by atoms with Crippen LogP contribution < -0.4 is 5.32 Å². The lowest BCUT2D eigenvalue weighted by molar-refractivity contribution is -0.383. The van der Waals surface area contributed by atoms with E-state index in [0.717, 1.165) is 0 Å². The third kappa shape index (κ3) is 3.05. The van der Waals surface area contributed by atoms with Crippen LogP contribution >= 0.6 is 0 Å². The number of fused-ring (bicyclic) bond motifs is 1. The first-order valence-electron chi connectivity index (χ1n) is 6.53. The molecule has 0 unspecified atom stereocenters. The zero-order chi connectivity index (χ0) is 16.3. The Morgan fingerprint density at radius 1 is 1.41 bits per heavy atom. The number of hydrogen-bond acceptors (Lipinski definition) is 5. The SMILES string of the molecule is COC(=O)[C@H](C)NC(=O)Cn1cc([N+](=O)[O-])c2ccccc21. The van der Waals surface area contributed by atoms with Crippen LogP contribution in [0.15, 0.2) is 30.5 Å². The fourth-order valence-electron chi connectivity index (χ4n) is 2.18. The molecule has 1 heterocycles. The van der Waals surface area contributed by atoms with Crippen molar-refractivity contribution >= 4 is 28.5 Å². The third-order valence-electron chi connectivity index (χ3n) is 3.21. The van der Waals surface area contributed by atoms with Gasteiger partial charge < -0.3 is 14.6 Å². The van der Waals surface area contributed by atoms with Gasteiger partial charge in [-0.1, -0.05) is 12.1 Å². The number of esters is 1. The van der Waals surface area contributed by atoms with E-state index >= 15 is 0 Å². The lowest BCUT2D eigenvalue weighted by Gasteiger charge is -2.12. The Morgan fingerprint density at radius 2 is 2.09 bits per heavy atom. The van der Waals surface area contributed by atoms with E-state index in [2.05, 4.69) is 10.1 Å². The minimum atomic E-state index is -0.783. The number of carbonyl (C=O) groups excluding carboxylic acids is 2. The molecule has 0 saturated heterocycles. The molecule has 8 nitrogen and oxygen atoms in total. The number of nitrogens with zero attached hydrogens (tertiary/aromatic N) is 2. The van der Waals surface area contributed by atoms with Crippen LogP contribution in [0.4, 0.5) is 5.69 Å². The smallest absolute Gasteiger partial charge is 0.328 e. The summed E-state index contributed by atoms with van der Waals surface area (Å²) in [6, 6.07) is 5.96. The molecule has 0 saturated carbocycles. The Morgan fingerprint density at radius 3 is 2.73 bits per heavy atom. The summed E-state index contributed by atoms with van der Waals surface area (Å²) in [6.45, 7) is 1.37. The molecule has 1 amide bonds. The van der Waals surface area contributed by atoms with Crippen molar-refractivity contribution < 1.29 is 19.2 Å². The molecule has 2 rings (SSSR count). The van der Waals surface area contributed by atoms with E-state index < -0.39 is 22.8 Å². The molecule has 1 aromatic heterocycles. The van der Waals surface area contributed by atoms with Crippen LogP contribution in [0.1, 0.15) is 6.92 Å². The summed E-state index contributed by atoms with van der Waals surface area (Å²) in [5.74, 6) is -0.995. The Balaban J connectivity index is 2.23. The van der Waals surface area contributed by atoms with Gasteiger partial charge >= 0.3 is 5.97 Å². The van der Waals surface area contributed by atoms with Gasteiger partial charge in [0.1, 0.15) is 12.6 Å². The molecule has 0 aliphatic rings. The van der Waals surface area contributed by atoms with Gasteiger partial charge in [0.05, 0.1) is 29.1 Å². The number of carbonyl (C=O) groups is 2. The standard InChI is InChI=1S/C14H15N3O5/c1-9(14(19)22-2)15-13(18)8-16-7-12(17(20)21)10-5-3-4-6-11(10)16/h3-7,9H,8H2,1-2H3,(H,15,18)/t9-/m0/s1. The molecule has 0 aliphatic heterocycles. The lowest BCUT2D eigenvalue weighted by Crippen LogP contribution is -2.40. The maximum atomic E-state index is 12.0. The zero-order valence-corrected chi connectivity index (χ0v) is 12.1. The number of nitro groups is 1. The van der Waals surface area contributed by atoms with E-state index in [1.807, 2.05) is 0 Å². The maximum absolute atomic E-state index is 12.0. The fraction of sp³-hybridized carbons (Fsp3) is 0.286. The molecule has 0 spiro atoms. The topological polar surface area (TPSA) is 103 Å². The van der Waals surface area contributed by atoms with Crippen molar-refractivity contribution in [2.45, 2.75) is 19.5 Å². The first-order valence-corrected chi connectivity index (χ1v) is 6.53. The van der Waals surface area contributed by atoms with E-state index in [1.54, 1.807) is 24.3 Å². The highest BCUT2D eigenvalue weighted by molar-refractivity contribution is 5.91. The highest BCUT2D eigenvalue weighted by atomic mass is 16.6. The summed E-state index contributed by atoms with van der Waals surface area (Å²) >= 11 is 0. The summed E-state index contributed by atoms with van der Waals surface area (Å²) < 4.78 is 6.00. The number of para-hydroxylation sites is 1. The van der Waals surface area contributed by atoms with E-state index in [4.69, 9.17) is 0 Å². The third-order valence-corrected chi connectivity index (χ3v) is 3.21. The summed E-state index contributed by atoms with van der Waals surface area (Å²) in [5.41, 5.74) is 0.513. The molecular weight excluding hydrogens is 290 g/mol. The second-order valence-electron chi connectivity index (χ2n) is 4.73. The van der Waals surface area contributed by atoms with Crippen molar-refractivity contribution in [1.29, 1.82) is 0 Å². The summed E-state index contributed by atoms with van der Waals surface area (Å²) in [7, 11) is 1.23. The number of amides is 1. The van der Waals surface area contributed by atoms with Crippen molar-refractivity contribution in [3.8, 4) is 0 Å². The Bertz CT molecular complexity index is 737. The Hall–Kier alpha value is -2.90. The van der Waals surface area contributed by atoms with Gasteiger partial charge in [0, 0.05) is 0 Å². The molecule has 1 aromatic carbocycles. The van der Waals surface area contributed by atoms with Crippen LogP contribution in [0.25, 0.3) is 10.9 Å². The number of nitrogens with one attached hydrogen (secondary N) is 1. The highest BCUT2D eigenvalue weighted by Gasteiger charge is 2.20. The summed E-state index contributed by atoms with van der Waals surface area (Å²) in [4.78, 5) is 33.8. The number of aromatic nitrogens is 1. The van der Waals surface area contributed by atoms with E-state index in [0.29, 0.717) is 10.9 Å². The predicted molar refractivity (Wildman–Crippen MR) is 78.2 cm³/mol. The molecule has 22 heavy (non-hydrogen) atoms. The molecule has 8 heteroatoms. The van der Waals surface area contributed by atoms with Crippen molar-refractivity contribution in [1.82, 2.24) is 9.88 Å². The Labute approximate surface area is 125 Å². The van der Waals surface area contributed by atoms with Gasteiger partial charge in [0.2, 0.25) is 5.91 Å². The van der Waals surface area contributed by atoms with Crippen LogP contribution in [0.2, 0.25) is 0 Å². The van der Waals surface area contributed by atoms with Gasteiger partial charge in [-0.15, -0.1) is 0 Å². The number of rotatable bonds is 5. The van der Waals surface area contributed by atoms with Crippen LogP contribution in [0.5, 0.6) is 0 Å². The van der Waals surface area contributed by atoms with Gasteiger partial charge in [-0.25, -0.2) is 4.79 Å². The van der Waals surface area contributed by atoms with Gasteiger partial charge in [-0.3, -0.25) is 14.9 Å². The van der Waals surface area contributed by atoms with Crippen molar-refractivity contribution in [3.05, 3.63) is 40.6 Å². The van der Waals surface area contributed by atoms with Crippen LogP contribution in [-0.2, 0) is 20.9 Å². The molecule has 2 aromatic rings. The molecule has 116 valence electrons. The molecule has 1 atom stereocenters. The van der Waals surface area contributed by atoms with E-state index in [9.17, 15) is 19.7 Å². The minimum absolute atomic E-state index is 0.0654. The Kier molecular flexibility index (Phi) is 4.40. The van der Waals surface area contributed by atoms with Gasteiger partial charge in [-0.2, -0.15) is 0 Å². The van der Waals surface area contributed by atoms with Crippen molar-refractivity contribution in [3.63, 3.8) is 0 Å². The molecule has 0 bridgehead atoms. The van der Waals surface area contributed by atoms with Gasteiger partial charge in [0.25, 0.3) is 5.69 Å². The normalized spacial score (nSPS) is 11.9. The number of methoxy groups -OCH3 is 1. The van der Waals surface area contributed by atoms with Crippen LogP contribution in [0.3, 0.4) is 0 Å². The average molecular weight is 305 g/mol. The molecule has 1 N–H and O–H groups in total. The maximum Gasteiger partial charge on any atom is 0.328 e. The second-order valence-corrected chi connectivity index (χ2v) is 4.73. The van der Waals surface area contributed by atoms with Gasteiger partial charge in [0.15, 0.2) is 0 Å². The first-order chi connectivity index (χ1) is 10.4. The molecule has 0 aliphatic carbocycles. The number of benzene rings is 1. The fourth-order valence-corrected chi connectivity index (χ4v) is 2.18. The second kappa shape index (κ2) is 6.25. The molecule has 0 fully saturated rings. The monoisotopic (exact) mass is 305 g/mol. The number of ether oxygens (including phenoxy) is 1. The number of hydrogen-bond donors (Lipinski definition) is 1. The van der Waals surface area contributed by atoms with Crippen LogP contribution in [-0.4, -0.2) is 34.5 Å². The van der Waals surface area contributed by atoms with Gasteiger partial charge in [-0.05, 0) is 19.1 Å². The molecule has 0 radical (unpaired) electrons. The minimum Gasteiger partial charge on any atom is -0.467 e. The highest BCUT2D eigenvalue weighted by Crippen LogP contribution is 2.27. The van der Waals surface area contributed by atoms with Crippen LogP contribution in [0, 0.1) is 10.1 Å². The predicted octanol–water partition coefficient (Wildman–Crippen LogP) is 1.23. The van der Waals surface area contributed by atoms with E-state index in [-0.39, 0.29) is 12.2 Å². The first kappa shape index (κ1) is 15.5. The zero-order valence-electron chi connectivity index (χ0n) is 12.1. The largest absolute Gasteiger partial charge is 0.467 e. The van der Waals surface area contributed by atoms with Crippen molar-refractivity contribution in [2.24, 2.45) is 0 Å². The lowest BCUT2D eigenvalue weighted by atomic mass is 10.2.